The van der Waals surface area contributed by atoms with Gasteiger partial charge in [-0.15, -0.1) is 0 Å². The number of ether oxygens (including phenoxy) is 1. The lowest BCUT2D eigenvalue weighted by Gasteiger charge is -2.39. The molecule has 1 amide bonds. The lowest BCUT2D eigenvalue weighted by atomic mass is 9.96. The van der Waals surface area contributed by atoms with Crippen molar-refractivity contribution in [2.45, 2.75) is 10.9 Å². The van der Waals surface area contributed by atoms with Crippen molar-refractivity contribution in [3.05, 3.63) is 124 Å². The molecule has 212 valence electrons. The second kappa shape index (κ2) is 13.1. The highest BCUT2D eigenvalue weighted by Crippen LogP contribution is 2.31. The molecule has 41 heavy (non-hydrogen) atoms. The number of nitrogens with one attached hydrogen (secondary N) is 1. The van der Waals surface area contributed by atoms with Gasteiger partial charge in [-0.1, -0.05) is 83.9 Å². The Morgan fingerprint density at radius 1 is 0.805 bits per heavy atom. The molecule has 0 saturated carbocycles. The van der Waals surface area contributed by atoms with Gasteiger partial charge in [-0.25, -0.2) is 8.42 Å². The Hall–Kier alpha value is -3.40. The summed E-state index contributed by atoms with van der Waals surface area (Å²) in [4.78, 5) is 14.9. The van der Waals surface area contributed by atoms with Crippen molar-refractivity contribution in [1.82, 2.24) is 9.21 Å². The van der Waals surface area contributed by atoms with Gasteiger partial charge < -0.3 is 10.1 Å². The van der Waals surface area contributed by atoms with Gasteiger partial charge >= 0.3 is 0 Å². The summed E-state index contributed by atoms with van der Waals surface area (Å²) in [5, 5.41) is 3.47. The molecule has 1 N–H and O–H groups in total. The van der Waals surface area contributed by atoms with Gasteiger partial charge in [-0.2, -0.15) is 4.31 Å². The van der Waals surface area contributed by atoms with E-state index in [1.165, 1.54) is 33.6 Å². The number of rotatable bonds is 9. The van der Waals surface area contributed by atoms with Crippen LogP contribution in [0.15, 0.2) is 108 Å². The van der Waals surface area contributed by atoms with Crippen LogP contribution in [-0.4, -0.2) is 56.3 Å². The Morgan fingerprint density at radius 2 is 1.39 bits per heavy atom. The first-order chi connectivity index (χ1) is 19.8. The topological polar surface area (TPSA) is 78.9 Å². The summed E-state index contributed by atoms with van der Waals surface area (Å²) in [6.45, 7) is 1.68. The highest BCUT2D eigenvalue weighted by atomic mass is 35.5. The zero-order valence-corrected chi connectivity index (χ0v) is 24.4. The first kappa shape index (κ1) is 29.1. The molecule has 10 heteroatoms. The molecule has 1 aliphatic rings. The number of carbonyl (C=O) groups is 1. The van der Waals surface area contributed by atoms with Crippen LogP contribution in [0.4, 0.5) is 5.69 Å². The molecule has 0 unspecified atom stereocenters. The van der Waals surface area contributed by atoms with Crippen LogP contribution in [-0.2, 0) is 14.8 Å². The van der Waals surface area contributed by atoms with Gasteiger partial charge in [0.1, 0.15) is 5.75 Å². The Bertz CT molecular complexity index is 1540. The van der Waals surface area contributed by atoms with Crippen molar-refractivity contribution >= 4 is 44.8 Å². The molecule has 0 radical (unpaired) electrons. The van der Waals surface area contributed by atoms with E-state index in [0.29, 0.717) is 47.7 Å². The van der Waals surface area contributed by atoms with Crippen LogP contribution in [0.25, 0.3) is 0 Å². The number of piperazine rings is 1. The zero-order chi connectivity index (χ0) is 28.8. The molecular weight excluding hydrogens is 581 g/mol. The monoisotopic (exact) mass is 609 g/mol. The third-order valence-electron chi connectivity index (χ3n) is 6.90. The number of benzene rings is 4. The summed E-state index contributed by atoms with van der Waals surface area (Å²) in [6, 6.07) is 31.5. The highest BCUT2D eigenvalue weighted by molar-refractivity contribution is 7.89. The van der Waals surface area contributed by atoms with Gasteiger partial charge in [0.05, 0.1) is 16.0 Å². The van der Waals surface area contributed by atoms with Crippen molar-refractivity contribution < 1.29 is 17.9 Å². The fourth-order valence-corrected chi connectivity index (χ4v) is 6.76. The SMILES string of the molecule is O=C(COc1ccc(Cl)cc1Cl)Nc1ccc(S(=O)(=O)N2CCN(C(c3ccccc3)c3ccccc3)CC2)cc1. The number of carbonyl (C=O) groups excluding carboxylic acids is 1. The number of halogens is 2. The van der Waals surface area contributed by atoms with E-state index in [0.717, 1.165) is 0 Å². The van der Waals surface area contributed by atoms with Gasteiger partial charge in [-0.05, 0) is 53.6 Å². The normalized spacial score (nSPS) is 14.6. The molecule has 1 aliphatic heterocycles. The molecule has 0 aromatic heterocycles. The summed E-state index contributed by atoms with van der Waals surface area (Å²) in [7, 11) is -3.70. The molecule has 1 heterocycles. The predicted molar refractivity (Wildman–Crippen MR) is 162 cm³/mol. The highest BCUT2D eigenvalue weighted by Gasteiger charge is 2.32. The van der Waals surface area contributed by atoms with Crippen LogP contribution in [0.2, 0.25) is 10.0 Å². The minimum absolute atomic E-state index is 0.0462. The maximum atomic E-state index is 13.4. The van der Waals surface area contributed by atoms with Gasteiger partial charge in [0.15, 0.2) is 6.61 Å². The smallest absolute Gasteiger partial charge is 0.262 e. The molecule has 7 nitrogen and oxygen atoms in total. The second-order valence-electron chi connectivity index (χ2n) is 9.60. The number of nitrogens with zero attached hydrogens (tertiary/aromatic N) is 2. The van der Waals surface area contributed by atoms with E-state index in [9.17, 15) is 13.2 Å². The average Bonchev–Trinajstić information content (AvgIpc) is 2.98. The molecule has 5 rings (SSSR count). The van der Waals surface area contributed by atoms with Crippen LogP contribution in [0.1, 0.15) is 17.2 Å². The Labute approximate surface area is 250 Å². The van der Waals surface area contributed by atoms with E-state index in [1.54, 1.807) is 24.3 Å². The maximum absolute atomic E-state index is 13.4. The molecule has 4 aromatic carbocycles. The van der Waals surface area contributed by atoms with Crippen molar-refractivity contribution in [2.75, 3.05) is 38.1 Å². The van der Waals surface area contributed by atoms with Gasteiger partial charge in [-0.3, -0.25) is 9.69 Å². The van der Waals surface area contributed by atoms with Crippen LogP contribution in [0, 0.1) is 0 Å². The first-order valence-electron chi connectivity index (χ1n) is 13.1. The third kappa shape index (κ3) is 7.09. The minimum Gasteiger partial charge on any atom is -0.482 e. The van der Waals surface area contributed by atoms with Crippen molar-refractivity contribution in [3.63, 3.8) is 0 Å². The molecule has 1 saturated heterocycles. The van der Waals surface area contributed by atoms with E-state index in [4.69, 9.17) is 27.9 Å². The Kier molecular flexibility index (Phi) is 9.27. The van der Waals surface area contributed by atoms with Crippen molar-refractivity contribution in [2.24, 2.45) is 0 Å². The van der Waals surface area contributed by atoms with Crippen LogP contribution < -0.4 is 10.1 Å². The third-order valence-corrected chi connectivity index (χ3v) is 9.34. The van der Waals surface area contributed by atoms with E-state index < -0.39 is 15.9 Å². The summed E-state index contributed by atoms with van der Waals surface area (Å²) >= 11 is 12.0. The van der Waals surface area contributed by atoms with Gasteiger partial charge in [0, 0.05) is 36.9 Å². The molecule has 4 aromatic rings. The van der Waals surface area contributed by atoms with E-state index in [2.05, 4.69) is 34.5 Å². The van der Waals surface area contributed by atoms with Crippen molar-refractivity contribution in [3.8, 4) is 5.75 Å². The summed E-state index contributed by atoms with van der Waals surface area (Å²) in [6.07, 6.45) is 0. The molecule has 0 atom stereocenters. The average molecular weight is 611 g/mol. The van der Waals surface area contributed by atoms with E-state index in [1.807, 2.05) is 36.4 Å². The minimum atomic E-state index is -3.70. The molecule has 0 aliphatic carbocycles. The molecular formula is C31H29Cl2N3O4S. The maximum Gasteiger partial charge on any atom is 0.262 e. The number of hydrogen-bond donors (Lipinski definition) is 1. The largest absolute Gasteiger partial charge is 0.482 e. The summed E-state index contributed by atoms with van der Waals surface area (Å²) in [5.74, 6) is -0.0688. The van der Waals surface area contributed by atoms with Crippen molar-refractivity contribution in [1.29, 1.82) is 0 Å². The number of hydrogen-bond acceptors (Lipinski definition) is 5. The van der Waals surface area contributed by atoms with E-state index in [-0.39, 0.29) is 17.5 Å². The Balaban J connectivity index is 1.20. The first-order valence-corrected chi connectivity index (χ1v) is 15.3. The van der Waals surface area contributed by atoms with Gasteiger partial charge in [0.25, 0.3) is 5.91 Å². The number of sulfonamides is 1. The summed E-state index contributed by atoms with van der Waals surface area (Å²) in [5.41, 5.74) is 2.81. The molecule has 1 fully saturated rings. The molecule has 0 bridgehead atoms. The van der Waals surface area contributed by atoms with Crippen LogP contribution in [0.5, 0.6) is 5.75 Å². The zero-order valence-electron chi connectivity index (χ0n) is 22.1. The van der Waals surface area contributed by atoms with Crippen LogP contribution >= 0.6 is 23.2 Å². The van der Waals surface area contributed by atoms with E-state index >= 15 is 0 Å². The molecule has 0 spiro atoms. The quantitative estimate of drug-likeness (QED) is 0.248. The number of anilines is 1. The Morgan fingerprint density at radius 3 is 1.95 bits per heavy atom. The fraction of sp³-hybridized carbons (Fsp3) is 0.194. The van der Waals surface area contributed by atoms with Gasteiger partial charge in [0.2, 0.25) is 10.0 Å². The predicted octanol–water partition coefficient (Wildman–Crippen LogP) is 6.11. The summed E-state index contributed by atoms with van der Waals surface area (Å²) < 4.78 is 33.8. The second-order valence-corrected chi connectivity index (χ2v) is 12.4. The lowest BCUT2D eigenvalue weighted by molar-refractivity contribution is -0.118. The fourth-order valence-electron chi connectivity index (χ4n) is 4.88. The standard InChI is InChI=1S/C31H29Cl2N3O4S/c32-25-11-16-29(28(33)21-25)40-22-30(37)34-26-12-14-27(15-13-26)41(38,39)36-19-17-35(18-20-36)31(23-7-3-1-4-8-23)24-9-5-2-6-10-24/h1-16,21,31H,17-20,22H2,(H,34,37). The van der Waals surface area contributed by atoms with Crippen LogP contribution in [0.3, 0.4) is 0 Å². The number of amides is 1. The lowest BCUT2D eigenvalue weighted by Crippen LogP contribution is -2.49.